The van der Waals surface area contributed by atoms with Crippen molar-refractivity contribution >= 4 is 11.8 Å². The van der Waals surface area contributed by atoms with Crippen molar-refractivity contribution in [2.75, 3.05) is 11.9 Å². The van der Waals surface area contributed by atoms with Crippen LogP contribution in [0, 0.1) is 13.8 Å². The molecule has 0 bridgehead atoms. The van der Waals surface area contributed by atoms with Crippen molar-refractivity contribution in [2.24, 2.45) is 0 Å². The van der Waals surface area contributed by atoms with Crippen LogP contribution in [0.4, 0.5) is 10.5 Å². The number of ether oxygens (including phenoxy) is 1. The van der Waals surface area contributed by atoms with Gasteiger partial charge in [-0.15, -0.1) is 0 Å². The number of aliphatic hydroxyl groups is 1. The fourth-order valence-electron chi connectivity index (χ4n) is 1.90. The van der Waals surface area contributed by atoms with E-state index in [9.17, 15) is 4.79 Å². The van der Waals surface area contributed by atoms with Crippen LogP contribution >= 0.6 is 0 Å². The molecule has 0 aromatic heterocycles. The van der Waals surface area contributed by atoms with Gasteiger partial charge >= 0.3 is 6.09 Å². The molecule has 20 heavy (non-hydrogen) atoms. The third-order valence-corrected chi connectivity index (χ3v) is 2.99. The molecule has 4 nitrogen and oxygen atoms in total. The number of hydrogen-bond donors (Lipinski definition) is 2. The minimum atomic E-state index is -0.512. The lowest BCUT2D eigenvalue weighted by atomic mass is 10.0. The van der Waals surface area contributed by atoms with Crippen molar-refractivity contribution < 1.29 is 14.6 Å². The molecule has 0 aliphatic heterocycles. The van der Waals surface area contributed by atoms with Crippen molar-refractivity contribution in [3.8, 4) is 0 Å². The first-order valence-corrected chi connectivity index (χ1v) is 6.94. The Morgan fingerprint density at radius 1 is 1.30 bits per heavy atom. The average Bonchev–Trinajstić information content (AvgIpc) is 2.30. The molecule has 112 valence electrons. The molecule has 0 heterocycles. The number of aryl methyl sites for hydroxylation is 2. The van der Waals surface area contributed by atoms with E-state index in [1.807, 2.05) is 40.7 Å². The van der Waals surface area contributed by atoms with Gasteiger partial charge in [-0.1, -0.05) is 6.07 Å². The number of aliphatic hydroxyl groups excluding tert-OH is 1. The highest BCUT2D eigenvalue weighted by atomic mass is 16.6. The molecule has 0 saturated carbocycles. The number of nitrogens with one attached hydrogen (secondary N) is 1. The van der Waals surface area contributed by atoms with E-state index in [-0.39, 0.29) is 6.61 Å². The Kier molecular flexibility index (Phi) is 5.57. The maximum absolute atomic E-state index is 11.8. The van der Waals surface area contributed by atoms with Crippen molar-refractivity contribution in [1.82, 2.24) is 0 Å². The molecule has 0 spiro atoms. The minimum absolute atomic E-state index is 0.168. The van der Waals surface area contributed by atoms with Crippen LogP contribution in [0.5, 0.6) is 0 Å². The number of amides is 1. The van der Waals surface area contributed by atoms with E-state index in [4.69, 9.17) is 9.84 Å². The van der Waals surface area contributed by atoms with Gasteiger partial charge in [-0.05, 0) is 70.2 Å². The minimum Gasteiger partial charge on any atom is -0.444 e. The van der Waals surface area contributed by atoms with E-state index < -0.39 is 11.7 Å². The van der Waals surface area contributed by atoms with E-state index in [1.165, 1.54) is 0 Å². The predicted octanol–water partition coefficient (Wildman–Crippen LogP) is 3.58. The van der Waals surface area contributed by atoms with Crippen LogP contribution < -0.4 is 5.32 Å². The lowest BCUT2D eigenvalue weighted by molar-refractivity contribution is 0.0636. The number of anilines is 1. The zero-order chi connectivity index (χ0) is 15.3. The van der Waals surface area contributed by atoms with Crippen LogP contribution in [-0.4, -0.2) is 23.4 Å². The first-order chi connectivity index (χ1) is 9.23. The standard InChI is InChI=1S/C16H25NO3/c1-11-9-13(7-6-8-18)10-14(12(11)2)17-15(19)20-16(3,4)5/h9-10,18H,6-8H2,1-5H3,(H,17,19). The molecule has 2 N–H and O–H groups in total. The van der Waals surface area contributed by atoms with Gasteiger partial charge in [0.25, 0.3) is 0 Å². The van der Waals surface area contributed by atoms with Gasteiger partial charge in [0.1, 0.15) is 5.60 Å². The van der Waals surface area contributed by atoms with Crippen LogP contribution in [0.25, 0.3) is 0 Å². The van der Waals surface area contributed by atoms with E-state index in [2.05, 4.69) is 11.4 Å². The summed E-state index contributed by atoms with van der Waals surface area (Å²) < 4.78 is 5.27. The summed E-state index contributed by atoms with van der Waals surface area (Å²) in [5.74, 6) is 0. The quantitative estimate of drug-likeness (QED) is 0.885. The van der Waals surface area contributed by atoms with Gasteiger partial charge in [0.2, 0.25) is 0 Å². The first-order valence-electron chi connectivity index (χ1n) is 6.94. The third-order valence-electron chi connectivity index (χ3n) is 2.99. The van der Waals surface area contributed by atoms with Crippen LogP contribution in [0.2, 0.25) is 0 Å². The molecule has 4 heteroatoms. The summed E-state index contributed by atoms with van der Waals surface area (Å²) in [6.07, 6.45) is 1.06. The van der Waals surface area contributed by atoms with Crippen LogP contribution in [0.1, 0.15) is 43.9 Å². The van der Waals surface area contributed by atoms with Gasteiger partial charge in [0.15, 0.2) is 0 Å². The van der Waals surface area contributed by atoms with E-state index in [0.29, 0.717) is 6.42 Å². The van der Waals surface area contributed by atoms with E-state index in [0.717, 1.165) is 28.8 Å². The maximum Gasteiger partial charge on any atom is 0.412 e. The monoisotopic (exact) mass is 279 g/mol. The van der Waals surface area contributed by atoms with Crippen LogP contribution in [0.15, 0.2) is 12.1 Å². The van der Waals surface area contributed by atoms with Gasteiger partial charge in [-0.3, -0.25) is 5.32 Å². The van der Waals surface area contributed by atoms with Crippen molar-refractivity contribution in [1.29, 1.82) is 0 Å². The Balaban J connectivity index is 2.88. The van der Waals surface area contributed by atoms with Gasteiger partial charge in [-0.25, -0.2) is 4.79 Å². The number of hydrogen-bond acceptors (Lipinski definition) is 3. The highest BCUT2D eigenvalue weighted by molar-refractivity contribution is 5.86. The molecule has 1 rings (SSSR count). The van der Waals surface area contributed by atoms with E-state index >= 15 is 0 Å². The molecular weight excluding hydrogens is 254 g/mol. The van der Waals surface area contributed by atoms with Gasteiger partial charge < -0.3 is 9.84 Å². The highest BCUT2D eigenvalue weighted by Gasteiger charge is 2.17. The third kappa shape index (κ3) is 5.21. The molecule has 1 amide bonds. The Morgan fingerprint density at radius 3 is 2.50 bits per heavy atom. The van der Waals surface area contributed by atoms with Crippen molar-refractivity contribution in [2.45, 2.75) is 53.1 Å². The summed E-state index contributed by atoms with van der Waals surface area (Å²) in [5, 5.41) is 11.7. The summed E-state index contributed by atoms with van der Waals surface area (Å²) in [4.78, 5) is 11.8. The maximum atomic E-state index is 11.8. The summed E-state index contributed by atoms with van der Waals surface area (Å²) in [6.45, 7) is 9.66. The van der Waals surface area contributed by atoms with Gasteiger partial charge in [-0.2, -0.15) is 0 Å². The SMILES string of the molecule is Cc1cc(CCCO)cc(NC(=O)OC(C)(C)C)c1C. The Bertz CT molecular complexity index is 475. The predicted molar refractivity (Wildman–Crippen MR) is 81.2 cm³/mol. The zero-order valence-corrected chi connectivity index (χ0v) is 13.0. The lowest BCUT2D eigenvalue weighted by Crippen LogP contribution is -2.27. The fraction of sp³-hybridized carbons (Fsp3) is 0.562. The lowest BCUT2D eigenvalue weighted by Gasteiger charge is -2.21. The average molecular weight is 279 g/mol. The summed E-state index contributed by atoms with van der Waals surface area (Å²) in [6, 6.07) is 4.03. The topological polar surface area (TPSA) is 58.6 Å². The molecule has 0 aliphatic rings. The van der Waals surface area contributed by atoms with Crippen LogP contribution in [-0.2, 0) is 11.2 Å². The Labute approximate surface area is 121 Å². The second-order valence-corrected chi connectivity index (χ2v) is 6.04. The van der Waals surface area contributed by atoms with Crippen molar-refractivity contribution in [3.05, 3.63) is 28.8 Å². The van der Waals surface area contributed by atoms with Gasteiger partial charge in [0, 0.05) is 12.3 Å². The number of benzene rings is 1. The molecule has 1 aromatic rings. The second kappa shape index (κ2) is 6.75. The first kappa shape index (κ1) is 16.5. The fourth-order valence-corrected chi connectivity index (χ4v) is 1.90. The largest absolute Gasteiger partial charge is 0.444 e. The molecule has 0 aliphatic carbocycles. The molecule has 0 fully saturated rings. The zero-order valence-electron chi connectivity index (χ0n) is 13.0. The Morgan fingerprint density at radius 2 is 1.95 bits per heavy atom. The number of carbonyl (C=O) groups excluding carboxylic acids is 1. The van der Waals surface area contributed by atoms with Crippen LogP contribution in [0.3, 0.4) is 0 Å². The smallest absolute Gasteiger partial charge is 0.412 e. The molecule has 0 unspecified atom stereocenters. The number of carbonyl (C=O) groups is 1. The van der Waals surface area contributed by atoms with Crippen molar-refractivity contribution in [3.63, 3.8) is 0 Å². The summed E-state index contributed by atoms with van der Waals surface area (Å²) in [7, 11) is 0. The number of rotatable bonds is 4. The van der Waals surface area contributed by atoms with Gasteiger partial charge in [0.05, 0.1) is 0 Å². The summed E-state index contributed by atoms with van der Waals surface area (Å²) >= 11 is 0. The second-order valence-electron chi connectivity index (χ2n) is 6.04. The summed E-state index contributed by atoms with van der Waals surface area (Å²) in [5.41, 5.74) is 3.51. The molecule has 1 aromatic carbocycles. The molecule has 0 atom stereocenters. The highest BCUT2D eigenvalue weighted by Crippen LogP contribution is 2.23. The van der Waals surface area contributed by atoms with E-state index in [1.54, 1.807) is 0 Å². The molecule has 0 radical (unpaired) electrons. The normalized spacial score (nSPS) is 11.3. The molecule has 0 saturated heterocycles. The Hall–Kier alpha value is -1.55. The molecular formula is C16H25NO3.